The van der Waals surface area contributed by atoms with E-state index < -0.39 is 6.04 Å². The summed E-state index contributed by atoms with van der Waals surface area (Å²) in [6.45, 7) is 8.62. The molecular formula is C23H29BrN2O3. The van der Waals surface area contributed by atoms with Gasteiger partial charge in [-0.3, -0.25) is 9.59 Å². The van der Waals surface area contributed by atoms with E-state index in [0.717, 1.165) is 15.6 Å². The molecule has 6 heteroatoms. The van der Waals surface area contributed by atoms with Gasteiger partial charge >= 0.3 is 0 Å². The topological polar surface area (TPSA) is 58.6 Å². The van der Waals surface area contributed by atoms with Crippen molar-refractivity contribution in [3.63, 3.8) is 0 Å². The normalized spacial score (nSPS) is 11.8. The van der Waals surface area contributed by atoms with Crippen LogP contribution in [0.3, 0.4) is 0 Å². The van der Waals surface area contributed by atoms with E-state index in [9.17, 15) is 9.59 Å². The minimum atomic E-state index is -0.602. The number of carbonyl (C=O) groups excluding carboxylic acids is 2. The number of nitrogens with one attached hydrogen (secondary N) is 1. The molecule has 0 heterocycles. The van der Waals surface area contributed by atoms with Crippen LogP contribution in [-0.4, -0.2) is 35.9 Å². The monoisotopic (exact) mass is 460 g/mol. The summed E-state index contributed by atoms with van der Waals surface area (Å²) in [5, 5.41) is 2.92. The molecule has 0 saturated heterocycles. The molecule has 0 fully saturated rings. The second-order valence-corrected chi connectivity index (χ2v) is 8.42. The molecule has 2 rings (SSSR count). The van der Waals surface area contributed by atoms with Crippen LogP contribution in [0.4, 0.5) is 0 Å². The molecule has 0 aromatic heterocycles. The molecule has 5 nitrogen and oxygen atoms in total. The number of carbonyl (C=O) groups is 2. The fraction of sp³-hybridized carbons (Fsp3) is 0.391. The summed E-state index contributed by atoms with van der Waals surface area (Å²) in [4.78, 5) is 27.2. The van der Waals surface area contributed by atoms with Gasteiger partial charge in [0.1, 0.15) is 11.8 Å². The van der Waals surface area contributed by atoms with Crippen LogP contribution >= 0.6 is 15.9 Å². The first-order valence-electron chi connectivity index (χ1n) is 9.78. The standard InChI is InChI=1S/C23H29BrN2O3/c1-16(2)13-25-23(28)18(4)26(14-19-8-6-5-7-17(19)3)22(27)15-29-21-11-9-20(24)10-12-21/h5-12,16,18H,13-15H2,1-4H3,(H,25,28)/t18-/m1/s1. The summed E-state index contributed by atoms with van der Waals surface area (Å²) in [6.07, 6.45) is 0. The Labute approximate surface area is 181 Å². The van der Waals surface area contributed by atoms with Gasteiger partial charge in [0.15, 0.2) is 6.61 Å². The van der Waals surface area contributed by atoms with Crippen LogP contribution in [0.1, 0.15) is 31.9 Å². The van der Waals surface area contributed by atoms with Crippen LogP contribution in [0.15, 0.2) is 53.0 Å². The summed E-state index contributed by atoms with van der Waals surface area (Å²) in [7, 11) is 0. The lowest BCUT2D eigenvalue weighted by atomic mass is 10.1. The molecule has 1 atom stereocenters. The van der Waals surface area contributed by atoms with Crippen LogP contribution in [0.2, 0.25) is 0 Å². The second kappa shape index (κ2) is 11.0. The van der Waals surface area contributed by atoms with Crippen molar-refractivity contribution in [1.29, 1.82) is 0 Å². The summed E-state index contributed by atoms with van der Waals surface area (Å²) in [5.41, 5.74) is 2.09. The highest BCUT2D eigenvalue weighted by Crippen LogP contribution is 2.17. The minimum absolute atomic E-state index is 0.130. The molecule has 0 spiro atoms. The van der Waals surface area contributed by atoms with Gasteiger partial charge in [-0.2, -0.15) is 0 Å². The minimum Gasteiger partial charge on any atom is -0.484 e. The van der Waals surface area contributed by atoms with E-state index >= 15 is 0 Å². The molecule has 0 unspecified atom stereocenters. The third kappa shape index (κ3) is 7.20. The zero-order chi connectivity index (χ0) is 21.4. The Kier molecular flexibility index (Phi) is 8.70. The maximum absolute atomic E-state index is 13.0. The number of rotatable bonds is 9. The van der Waals surface area contributed by atoms with Crippen LogP contribution < -0.4 is 10.1 Å². The van der Waals surface area contributed by atoms with Crippen molar-refractivity contribution in [3.8, 4) is 5.75 Å². The van der Waals surface area contributed by atoms with E-state index in [1.54, 1.807) is 24.0 Å². The van der Waals surface area contributed by atoms with E-state index in [2.05, 4.69) is 21.2 Å². The molecule has 0 saturated carbocycles. The Hall–Kier alpha value is -2.34. The number of amides is 2. The first-order chi connectivity index (χ1) is 13.8. The summed E-state index contributed by atoms with van der Waals surface area (Å²) >= 11 is 3.38. The zero-order valence-electron chi connectivity index (χ0n) is 17.4. The molecule has 0 aliphatic carbocycles. The number of halogens is 1. The average Bonchev–Trinajstić information content (AvgIpc) is 2.70. The molecule has 0 radical (unpaired) electrons. The molecule has 1 N–H and O–H groups in total. The predicted molar refractivity (Wildman–Crippen MR) is 119 cm³/mol. The van der Waals surface area contributed by atoms with Crippen molar-refractivity contribution in [2.24, 2.45) is 5.92 Å². The number of ether oxygens (including phenoxy) is 1. The van der Waals surface area contributed by atoms with Crippen LogP contribution in [0.25, 0.3) is 0 Å². The molecule has 156 valence electrons. The van der Waals surface area contributed by atoms with Gasteiger partial charge in [0.25, 0.3) is 5.91 Å². The smallest absolute Gasteiger partial charge is 0.261 e. The van der Waals surface area contributed by atoms with Crippen LogP contribution in [0, 0.1) is 12.8 Å². The number of hydrogen-bond donors (Lipinski definition) is 1. The van der Waals surface area contributed by atoms with Gasteiger partial charge in [-0.15, -0.1) is 0 Å². The van der Waals surface area contributed by atoms with E-state index in [1.807, 2.05) is 57.2 Å². The van der Waals surface area contributed by atoms with E-state index in [0.29, 0.717) is 24.8 Å². The summed E-state index contributed by atoms with van der Waals surface area (Å²) in [6, 6.07) is 14.6. The van der Waals surface area contributed by atoms with E-state index in [4.69, 9.17) is 4.74 Å². The molecule has 0 aliphatic heterocycles. The number of nitrogens with zero attached hydrogens (tertiary/aromatic N) is 1. The molecule has 2 amide bonds. The van der Waals surface area contributed by atoms with Gasteiger partial charge in [-0.1, -0.05) is 54.0 Å². The first-order valence-corrected chi connectivity index (χ1v) is 10.6. The van der Waals surface area contributed by atoms with Gasteiger partial charge in [-0.05, 0) is 55.2 Å². The summed E-state index contributed by atoms with van der Waals surface area (Å²) < 4.78 is 6.59. The SMILES string of the molecule is Cc1ccccc1CN(C(=O)COc1ccc(Br)cc1)[C@H](C)C(=O)NCC(C)C. The highest BCUT2D eigenvalue weighted by atomic mass is 79.9. The highest BCUT2D eigenvalue weighted by molar-refractivity contribution is 9.10. The first kappa shape index (κ1) is 22.9. The Balaban J connectivity index is 2.13. The van der Waals surface area contributed by atoms with Gasteiger partial charge in [0.05, 0.1) is 0 Å². The Morgan fingerprint density at radius 1 is 1.07 bits per heavy atom. The molecular weight excluding hydrogens is 432 g/mol. The number of aryl methyl sites for hydroxylation is 1. The van der Waals surface area contributed by atoms with Crippen LogP contribution in [-0.2, 0) is 16.1 Å². The lowest BCUT2D eigenvalue weighted by molar-refractivity contribution is -0.142. The maximum Gasteiger partial charge on any atom is 0.261 e. The molecule has 2 aromatic carbocycles. The summed E-state index contributed by atoms with van der Waals surface area (Å²) in [5.74, 6) is 0.550. The maximum atomic E-state index is 13.0. The van der Waals surface area contributed by atoms with Crippen molar-refractivity contribution in [2.75, 3.05) is 13.2 Å². The van der Waals surface area contributed by atoms with Crippen molar-refractivity contribution in [3.05, 3.63) is 64.1 Å². The molecule has 2 aromatic rings. The van der Waals surface area contributed by atoms with Crippen LogP contribution in [0.5, 0.6) is 5.75 Å². The molecule has 0 aliphatic rings. The third-order valence-electron chi connectivity index (χ3n) is 4.63. The fourth-order valence-electron chi connectivity index (χ4n) is 2.76. The lowest BCUT2D eigenvalue weighted by Crippen LogP contribution is -2.49. The van der Waals surface area contributed by atoms with Gasteiger partial charge in [0.2, 0.25) is 5.91 Å². The fourth-order valence-corrected chi connectivity index (χ4v) is 3.03. The Morgan fingerprint density at radius 3 is 2.34 bits per heavy atom. The van der Waals surface area contributed by atoms with E-state index in [1.165, 1.54) is 0 Å². The van der Waals surface area contributed by atoms with Crippen molar-refractivity contribution in [2.45, 2.75) is 40.3 Å². The van der Waals surface area contributed by atoms with Gasteiger partial charge < -0.3 is 15.0 Å². The van der Waals surface area contributed by atoms with Crippen molar-refractivity contribution in [1.82, 2.24) is 10.2 Å². The number of hydrogen-bond acceptors (Lipinski definition) is 3. The van der Waals surface area contributed by atoms with Gasteiger partial charge in [0, 0.05) is 17.6 Å². The molecule has 0 bridgehead atoms. The average molecular weight is 461 g/mol. The third-order valence-corrected chi connectivity index (χ3v) is 5.16. The lowest BCUT2D eigenvalue weighted by Gasteiger charge is -2.29. The van der Waals surface area contributed by atoms with Crippen molar-refractivity contribution < 1.29 is 14.3 Å². The molecule has 29 heavy (non-hydrogen) atoms. The largest absolute Gasteiger partial charge is 0.484 e. The number of benzene rings is 2. The predicted octanol–water partition coefficient (Wildman–Crippen LogP) is 4.33. The van der Waals surface area contributed by atoms with Gasteiger partial charge in [-0.25, -0.2) is 0 Å². The Bertz CT molecular complexity index is 821. The second-order valence-electron chi connectivity index (χ2n) is 7.51. The zero-order valence-corrected chi connectivity index (χ0v) is 19.0. The van der Waals surface area contributed by atoms with Crippen molar-refractivity contribution >= 4 is 27.7 Å². The quantitative estimate of drug-likeness (QED) is 0.605. The van der Waals surface area contributed by atoms with E-state index in [-0.39, 0.29) is 18.4 Å². The Morgan fingerprint density at radius 2 is 1.72 bits per heavy atom. The highest BCUT2D eigenvalue weighted by Gasteiger charge is 2.26.